The predicted molar refractivity (Wildman–Crippen MR) is 77.2 cm³/mol. The third kappa shape index (κ3) is 5.84. The molecule has 0 aliphatic heterocycles. The molecule has 0 saturated heterocycles. The molecule has 2 atom stereocenters. The lowest BCUT2D eigenvalue weighted by Gasteiger charge is -2.16. The van der Waals surface area contributed by atoms with E-state index in [0.717, 1.165) is 12.0 Å². The van der Waals surface area contributed by atoms with Crippen molar-refractivity contribution >= 4 is 11.9 Å². The van der Waals surface area contributed by atoms with Crippen LogP contribution in [0.2, 0.25) is 0 Å². The highest BCUT2D eigenvalue weighted by molar-refractivity contribution is 5.84. The fraction of sp³-hybridized carbons (Fsp3) is 0.467. The van der Waals surface area contributed by atoms with Gasteiger partial charge in [-0.2, -0.15) is 0 Å². The minimum Gasteiger partial charge on any atom is -0.480 e. The summed E-state index contributed by atoms with van der Waals surface area (Å²) < 4.78 is 0. The first-order chi connectivity index (χ1) is 9.52. The van der Waals surface area contributed by atoms with E-state index >= 15 is 0 Å². The SMILES string of the molecule is CC[C@H](C)NC(=O)C[C@@H](NCc1ccccc1)C(=O)O. The summed E-state index contributed by atoms with van der Waals surface area (Å²) in [5.74, 6) is -1.26. The standard InChI is InChI=1S/C15H22N2O3/c1-3-11(2)17-14(18)9-13(15(19)20)16-10-12-7-5-4-6-8-12/h4-8,11,13,16H,3,9-10H2,1-2H3,(H,17,18)(H,19,20)/t11-,13+/m0/s1. The van der Waals surface area contributed by atoms with Crippen LogP contribution in [0.5, 0.6) is 0 Å². The molecule has 0 saturated carbocycles. The summed E-state index contributed by atoms with van der Waals surface area (Å²) >= 11 is 0. The van der Waals surface area contributed by atoms with Crippen LogP contribution in [-0.4, -0.2) is 29.1 Å². The van der Waals surface area contributed by atoms with Gasteiger partial charge in [0.2, 0.25) is 5.91 Å². The van der Waals surface area contributed by atoms with Gasteiger partial charge in [0.15, 0.2) is 0 Å². The third-order valence-corrected chi connectivity index (χ3v) is 3.10. The normalized spacial score (nSPS) is 13.5. The smallest absolute Gasteiger partial charge is 0.321 e. The number of rotatable bonds is 8. The Morgan fingerprint density at radius 1 is 1.25 bits per heavy atom. The van der Waals surface area contributed by atoms with Crippen LogP contribution in [0, 0.1) is 0 Å². The maximum absolute atomic E-state index is 11.7. The molecule has 1 aromatic carbocycles. The van der Waals surface area contributed by atoms with Gasteiger partial charge in [0.1, 0.15) is 6.04 Å². The summed E-state index contributed by atoms with van der Waals surface area (Å²) in [7, 11) is 0. The van der Waals surface area contributed by atoms with E-state index < -0.39 is 12.0 Å². The first kappa shape index (κ1) is 16.2. The fourth-order valence-electron chi connectivity index (χ4n) is 1.70. The number of carbonyl (C=O) groups excluding carboxylic acids is 1. The molecule has 0 fully saturated rings. The monoisotopic (exact) mass is 278 g/mol. The Bertz CT molecular complexity index is 434. The van der Waals surface area contributed by atoms with Gasteiger partial charge in [0.05, 0.1) is 6.42 Å². The number of carbonyl (C=O) groups is 2. The topological polar surface area (TPSA) is 78.4 Å². The molecule has 5 nitrogen and oxygen atoms in total. The molecule has 1 amide bonds. The van der Waals surface area contributed by atoms with Crippen LogP contribution in [0.25, 0.3) is 0 Å². The van der Waals surface area contributed by atoms with E-state index in [1.54, 1.807) is 0 Å². The minimum absolute atomic E-state index is 0.0612. The van der Waals surface area contributed by atoms with Gasteiger partial charge in [0, 0.05) is 12.6 Å². The van der Waals surface area contributed by atoms with E-state index in [2.05, 4.69) is 10.6 Å². The average Bonchev–Trinajstić information content (AvgIpc) is 2.44. The van der Waals surface area contributed by atoms with Crippen molar-refractivity contribution in [1.29, 1.82) is 0 Å². The van der Waals surface area contributed by atoms with Crippen LogP contribution in [0.3, 0.4) is 0 Å². The van der Waals surface area contributed by atoms with Gasteiger partial charge in [0.25, 0.3) is 0 Å². The Kier molecular flexibility index (Phi) is 6.73. The second-order valence-electron chi connectivity index (χ2n) is 4.84. The average molecular weight is 278 g/mol. The highest BCUT2D eigenvalue weighted by Crippen LogP contribution is 2.01. The number of benzene rings is 1. The van der Waals surface area contributed by atoms with Crippen molar-refractivity contribution in [2.75, 3.05) is 0 Å². The first-order valence-corrected chi connectivity index (χ1v) is 6.82. The van der Waals surface area contributed by atoms with E-state index in [-0.39, 0.29) is 18.4 Å². The molecule has 20 heavy (non-hydrogen) atoms. The number of amides is 1. The summed E-state index contributed by atoms with van der Waals surface area (Å²) in [6, 6.07) is 8.68. The lowest BCUT2D eigenvalue weighted by molar-refractivity contribution is -0.141. The number of hydrogen-bond donors (Lipinski definition) is 3. The molecule has 0 bridgehead atoms. The van der Waals surface area contributed by atoms with E-state index in [9.17, 15) is 9.59 Å². The summed E-state index contributed by atoms with van der Waals surface area (Å²) in [5.41, 5.74) is 0.987. The number of aliphatic carboxylic acids is 1. The lowest BCUT2D eigenvalue weighted by atomic mass is 10.1. The van der Waals surface area contributed by atoms with Crippen molar-refractivity contribution in [1.82, 2.24) is 10.6 Å². The van der Waals surface area contributed by atoms with Crippen LogP contribution < -0.4 is 10.6 Å². The molecule has 0 heterocycles. The molecule has 0 spiro atoms. The van der Waals surface area contributed by atoms with Gasteiger partial charge < -0.3 is 10.4 Å². The van der Waals surface area contributed by atoms with Crippen molar-refractivity contribution in [2.45, 2.75) is 45.3 Å². The van der Waals surface area contributed by atoms with E-state index in [1.807, 2.05) is 44.2 Å². The van der Waals surface area contributed by atoms with Crippen molar-refractivity contribution in [2.24, 2.45) is 0 Å². The Morgan fingerprint density at radius 2 is 1.90 bits per heavy atom. The lowest BCUT2D eigenvalue weighted by Crippen LogP contribution is -2.42. The van der Waals surface area contributed by atoms with Gasteiger partial charge >= 0.3 is 5.97 Å². The van der Waals surface area contributed by atoms with Crippen LogP contribution in [0.1, 0.15) is 32.3 Å². The molecular formula is C15H22N2O3. The summed E-state index contributed by atoms with van der Waals surface area (Å²) in [6.07, 6.45) is 0.757. The summed E-state index contributed by atoms with van der Waals surface area (Å²) in [5, 5.41) is 14.8. The van der Waals surface area contributed by atoms with Crippen LogP contribution in [0.15, 0.2) is 30.3 Å². The van der Waals surface area contributed by atoms with Gasteiger partial charge in [-0.15, -0.1) is 0 Å². The number of hydrogen-bond acceptors (Lipinski definition) is 3. The maximum atomic E-state index is 11.7. The Morgan fingerprint density at radius 3 is 2.45 bits per heavy atom. The van der Waals surface area contributed by atoms with E-state index in [0.29, 0.717) is 6.54 Å². The zero-order valence-electron chi connectivity index (χ0n) is 11.9. The molecule has 0 radical (unpaired) electrons. The predicted octanol–water partition coefficient (Wildman–Crippen LogP) is 1.53. The number of carboxylic acid groups (broad SMARTS) is 1. The first-order valence-electron chi connectivity index (χ1n) is 6.82. The Labute approximate surface area is 119 Å². The molecule has 3 N–H and O–H groups in total. The second kappa shape index (κ2) is 8.32. The highest BCUT2D eigenvalue weighted by Gasteiger charge is 2.21. The highest BCUT2D eigenvalue weighted by atomic mass is 16.4. The molecule has 0 aromatic heterocycles. The van der Waals surface area contributed by atoms with Crippen molar-refractivity contribution in [3.8, 4) is 0 Å². The maximum Gasteiger partial charge on any atom is 0.321 e. The van der Waals surface area contributed by atoms with Crippen molar-refractivity contribution in [3.63, 3.8) is 0 Å². The van der Waals surface area contributed by atoms with E-state index in [4.69, 9.17) is 5.11 Å². The van der Waals surface area contributed by atoms with Crippen molar-refractivity contribution in [3.05, 3.63) is 35.9 Å². The van der Waals surface area contributed by atoms with Crippen molar-refractivity contribution < 1.29 is 14.7 Å². The third-order valence-electron chi connectivity index (χ3n) is 3.10. The summed E-state index contributed by atoms with van der Waals surface area (Å²) in [4.78, 5) is 22.9. The molecule has 0 unspecified atom stereocenters. The van der Waals surface area contributed by atoms with Gasteiger partial charge in [-0.05, 0) is 18.9 Å². The number of nitrogens with one attached hydrogen (secondary N) is 2. The van der Waals surface area contributed by atoms with E-state index in [1.165, 1.54) is 0 Å². The second-order valence-corrected chi connectivity index (χ2v) is 4.84. The van der Waals surface area contributed by atoms with Gasteiger partial charge in [-0.1, -0.05) is 37.3 Å². The molecule has 1 aromatic rings. The number of carboxylic acids is 1. The molecular weight excluding hydrogens is 256 g/mol. The largest absolute Gasteiger partial charge is 0.480 e. The fourth-order valence-corrected chi connectivity index (χ4v) is 1.70. The molecule has 0 aliphatic rings. The Hall–Kier alpha value is -1.88. The Balaban J connectivity index is 2.48. The molecule has 1 rings (SSSR count). The van der Waals surface area contributed by atoms with Crippen LogP contribution in [-0.2, 0) is 16.1 Å². The van der Waals surface area contributed by atoms with Gasteiger partial charge in [-0.3, -0.25) is 14.9 Å². The molecule has 5 heteroatoms. The molecule has 0 aliphatic carbocycles. The zero-order chi connectivity index (χ0) is 15.0. The van der Waals surface area contributed by atoms with Crippen LogP contribution in [0.4, 0.5) is 0 Å². The van der Waals surface area contributed by atoms with Gasteiger partial charge in [-0.25, -0.2) is 0 Å². The van der Waals surface area contributed by atoms with Crippen LogP contribution >= 0.6 is 0 Å². The minimum atomic E-state index is -1.01. The summed E-state index contributed by atoms with van der Waals surface area (Å²) in [6.45, 7) is 4.28. The zero-order valence-corrected chi connectivity index (χ0v) is 11.9. The quantitative estimate of drug-likeness (QED) is 0.674. The molecule has 110 valence electrons.